The van der Waals surface area contributed by atoms with E-state index in [1.54, 1.807) is 5.38 Å². The van der Waals surface area contributed by atoms with E-state index in [1.165, 1.54) is 17.8 Å². The zero-order valence-corrected chi connectivity index (χ0v) is 28.9. The Balaban J connectivity index is -0.00000241. The first-order chi connectivity index (χ1) is 16.7. The summed E-state index contributed by atoms with van der Waals surface area (Å²) in [5.74, 6) is -4.36. The van der Waals surface area contributed by atoms with Gasteiger partial charge in [-0.2, -0.15) is 0 Å². The van der Waals surface area contributed by atoms with Crippen LogP contribution >= 0.6 is 34.9 Å². The molecule has 2 amide bonds. The standard InChI is InChI=1S/C18H16N6O8S3.3Na.3H/c25-9(3-7-1-2-33-13(7)17(31)32)19-11-14(28)24-12(16(29)30)8(5-34-15(11)24)6-35-18-20-21-22-23(18)4-10(26)27;;;;;;/h1-2,11,15H,3-6H2,(H,19,25)(H,26,27)(H,29,30)(H,31,32);;;;;;/q;3*+1;3*-1/t11?,15-;;;;;;/m1....../s1. The monoisotopic (exact) mass is 612 g/mol. The van der Waals surface area contributed by atoms with E-state index < -0.39 is 47.7 Å². The van der Waals surface area contributed by atoms with Crippen LogP contribution in [0.25, 0.3) is 0 Å². The predicted octanol–water partition coefficient (Wildman–Crippen LogP) is -9.06. The first-order valence-corrected chi connectivity index (χ1v) is 12.7. The summed E-state index contributed by atoms with van der Waals surface area (Å²) in [7, 11) is 0. The number of nitrogens with one attached hydrogen (secondary N) is 1. The zero-order valence-electron chi connectivity index (χ0n) is 23.5. The average molecular weight is 613 g/mol. The molecule has 4 heterocycles. The summed E-state index contributed by atoms with van der Waals surface area (Å²) in [6.07, 6.45) is -0.221. The van der Waals surface area contributed by atoms with Gasteiger partial charge in [-0.3, -0.25) is 19.3 Å². The van der Waals surface area contributed by atoms with Crippen molar-refractivity contribution in [3.05, 3.63) is 33.2 Å². The molecule has 2 atom stereocenters. The molecule has 14 nitrogen and oxygen atoms in total. The van der Waals surface area contributed by atoms with Crippen molar-refractivity contribution < 1.29 is 132 Å². The summed E-state index contributed by atoms with van der Waals surface area (Å²) in [6.45, 7) is -0.456. The van der Waals surface area contributed by atoms with Crippen molar-refractivity contribution in [2.45, 2.75) is 29.5 Å². The van der Waals surface area contributed by atoms with Crippen LogP contribution in [0.5, 0.6) is 0 Å². The number of hydrogen-bond acceptors (Lipinski definition) is 11. The van der Waals surface area contributed by atoms with Gasteiger partial charge in [0.05, 0.1) is 6.42 Å². The summed E-state index contributed by atoms with van der Waals surface area (Å²) < 4.78 is 1.07. The van der Waals surface area contributed by atoms with Crippen molar-refractivity contribution in [3.8, 4) is 0 Å². The number of aromatic carboxylic acids is 1. The molecule has 0 spiro atoms. The molecule has 0 saturated carbocycles. The molecule has 0 radical (unpaired) electrons. The maximum absolute atomic E-state index is 12.8. The molecule has 190 valence electrons. The number of aliphatic carboxylic acids is 2. The maximum Gasteiger partial charge on any atom is 1.00 e. The van der Waals surface area contributed by atoms with E-state index in [9.17, 15) is 34.2 Å². The smallest absolute Gasteiger partial charge is 1.00 e. The van der Waals surface area contributed by atoms with Gasteiger partial charge in [-0.1, -0.05) is 11.8 Å². The van der Waals surface area contributed by atoms with E-state index in [0.29, 0.717) is 11.1 Å². The van der Waals surface area contributed by atoms with Crippen molar-refractivity contribution >= 4 is 64.6 Å². The van der Waals surface area contributed by atoms with Gasteiger partial charge in [-0.25, -0.2) is 14.3 Å². The minimum absolute atomic E-state index is 0. The molecule has 20 heteroatoms. The minimum atomic E-state index is -1.31. The van der Waals surface area contributed by atoms with Crippen LogP contribution in [-0.2, 0) is 32.1 Å². The molecule has 4 rings (SSSR count). The number of thioether (sulfide) groups is 2. The number of carboxylic acid groups (broad SMARTS) is 3. The van der Waals surface area contributed by atoms with Crippen LogP contribution in [0.2, 0.25) is 0 Å². The minimum Gasteiger partial charge on any atom is -1.00 e. The number of carbonyl (C=O) groups excluding carboxylic acids is 2. The Kier molecular flexibility index (Phi) is 14.5. The number of nitrogens with zero attached hydrogens (tertiary/aromatic N) is 5. The number of carboxylic acids is 3. The van der Waals surface area contributed by atoms with Gasteiger partial charge >= 0.3 is 107 Å². The van der Waals surface area contributed by atoms with Gasteiger partial charge < -0.3 is 24.9 Å². The number of rotatable bonds is 10. The van der Waals surface area contributed by atoms with Crippen LogP contribution in [0.1, 0.15) is 19.5 Å². The Morgan fingerprint density at radius 3 is 2.50 bits per heavy atom. The average Bonchev–Trinajstić information content (AvgIpc) is 3.44. The summed E-state index contributed by atoms with van der Waals surface area (Å²) in [5, 5.41) is 42.3. The van der Waals surface area contributed by atoms with Gasteiger partial charge in [0.25, 0.3) is 5.91 Å². The molecule has 1 unspecified atom stereocenters. The number of fused-ring (bicyclic) bond motifs is 1. The molecular weight excluding hydrogens is 593 g/mol. The van der Waals surface area contributed by atoms with Crippen LogP contribution in [0, 0.1) is 0 Å². The topological polar surface area (TPSA) is 205 Å². The first-order valence-electron chi connectivity index (χ1n) is 9.77. The van der Waals surface area contributed by atoms with Gasteiger partial charge in [0.15, 0.2) is 0 Å². The number of amides is 2. The summed E-state index contributed by atoms with van der Waals surface area (Å²) in [6, 6.07) is 0.589. The van der Waals surface area contributed by atoms with Gasteiger partial charge in [-0.15, -0.1) is 28.2 Å². The molecule has 4 N–H and O–H groups in total. The molecule has 1 fully saturated rings. The van der Waals surface area contributed by atoms with Gasteiger partial charge in [-0.05, 0) is 33.0 Å². The van der Waals surface area contributed by atoms with E-state index >= 15 is 0 Å². The Morgan fingerprint density at radius 1 is 1.16 bits per heavy atom. The summed E-state index contributed by atoms with van der Waals surface area (Å²) in [4.78, 5) is 60.5. The second-order valence-corrected chi connectivity index (χ2v) is 10.2. The van der Waals surface area contributed by atoms with E-state index in [-0.39, 0.29) is 127 Å². The SMILES string of the molecule is O=C(O)Cn1nnnc1SCC1=C(C(=O)O)N2C(=O)C(NC(=O)Cc3ccsc3C(=O)O)[C@H]2SC1.[H-].[H-].[H-].[Na+].[Na+].[Na+]. The molecule has 2 aliphatic rings. The second-order valence-electron chi connectivity index (χ2n) is 7.27. The summed E-state index contributed by atoms with van der Waals surface area (Å²) >= 11 is 3.31. The zero-order chi connectivity index (χ0) is 25.3. The predicted molar refractivity (Wildman–Crippen MR) is 124 cm³/mol. The largest absolute Gasteiger partial charge is 1.00 e. The number of hydrogen-bond donors (Lipinski definition) is 4. The first kappa shape index (κ1) is 35.6. The quantitative estimate of drug-likeness (QED) is 0.112. The van der Waals surface area contributed by atoms with Crippen molar-refractivity contribution in [1.29, 1.82) is 0 Å². The fraction of sp³-hybridized carbons (Fsp3) is 0.333. The number of aromatic nitrogens is 4. The number of tetrazole rings is 1. The molecule has 2 aromatic heterocycles. The van der Waals surface area contributed by atoms with Crippen molar-refractivity contribution in [1.82, 2.24) is 30.4 Å². The summed E-state index contributed by atoms with van der Waals surface area (Å²) in [5.41, 5.74) is 0.562. The maximum atomic E-state index is 12.8. The third kappa shape index (κ3) is 7.85. The van der Waals surface area contributed by atoms with Crippen LogP contribution in [0.15, 0.2) is 27.9 Å². The molecule has 2 aromatic rings. The van der Waals surface area contributed by atoms with Gasteiger partial charge in [0.2, 0.25) is 11.1 Å². The van der Waals surface area contributed by atoms with Crippen LogP contribution < -0.4 is 94.0 Å². The molecule has 38 heavy (non-hydrogen) atoms. The van der Waals surface area contributed by atoms with Gasteiger partial charge in [0, 0.05) is 11.5 Å². The van der Waals surface area contributed by atoms with E-state index in [2.05, 4.69) is 20.8 Å². The molecule has 0 aromatic carbocycles. The molecule has 2 aliphatic heterocycles. The normalized spacial score (nSPS) is 17.7. The van der Waals surface area contributed by atoms with Crippen LogP contribution in [0.4, 0.5) is 0 Å². The third-order valence-corrected chi connectivity index (χ3v) is 8.35. The number of β-lactam (4-membered cyclic amide) rings is 1. The molecular formula is C18H19N6Na3O8S3. The van der Waals surface area contributed by atoms with Crippen LogP contribution in [-0.4, -0.2) is 93.1 Å². The van der Waals surface area contributed by atoms with E-state index in [1.807, 2.05) is 0 Å². The second kappa shape index (κ2) is 15.5. The fourth-order valence-electron chi connectivity index (χ4n) is 3.53. The van der Waals surface area contributed by atoms with Crippen molar-refractivity contribution in [3.63, 3.8) is 0 Å². The van der Waals surface area contributed by atoms with E-state index in [4.69, 9.17) is 5.11 Å². The Morgan fingerprint density at radius 2 is 1.87 bits per heavy atom. The molecule has 1 saturated heterocycles. The Bertz CT molecular complexity index is 1290. The third-order valence-electron chi connectivity index (χ3n) is 5.02. The molecule has 0 bridgehead atoms. The Hall–Kier alpha value is -0.440. The molecule has 0 aliphatic carbocycles. The van der Waals surface area contributed by atoms with Crippen molar-refractivity contribution in [2.75, 3.05) is 11.5 Å². The number of carbonyl (C=O) groups is 5. The van der Waals surface area contributed by atoms with Crippen molar-refractivity contribution in [2.24, 2.45) is 0 Å². The Labute approximate surface area is 298 Å². The van der Waals surface area contributed by atoms with E-state index in [0.717, 1.165) is 32.7 Å². The number of thiophene rings is 1. The fourth-order valence-corrected chi connectivity index (χ4v) is 6.66. The van der Waals surface area contributed by atoms with Crippen LogP contribution in [0.3, 0.4) is 0 Å². The van der Waals surface area contributed by atoms with Gasteiger partial charge in [0.1, 0.15) is 28.5 Å².